The summed E-state index contributed by atoms with van der Waals surface area (Å²) in [5, 5.41) is 7.09. The van der Waals surface area contributed by atoms with Crippen LogP contribution >= 0.6 is 11.6 Å². The molecule has 1 aromatic heterocycles. The first-order valence-corrected chi connectivity index (χ1v) is 8.33. The number of hydrogen-bond donors (Lipinski definition) is 2. The van der Waals surface area contributed by atoms with Gasteiger partial charge >= 0.3 is 0 Å². The Balaban J connectivity index is 1.85. The zero-order valence-electron chi connectivity index (χ0n) is 14.7. The highest BCUT2D eigenvalue weighted by atomic mass is 35.5. The molecule has 0 bridgehead atoms. The van der Waals surface area contributed by atoms with Crippen molar-refractivity contribution < 1.29 is 9.47 Å². The first-order valence-electron chi connectivity index (χ1n) is 7.95. The predicted molar refractivity (Wildman–Crippen MR) is 104 cm³/mol. The topological polar surface area (TPSA) is 68.3 Å². The summed E-state index contributed by atoms with van der Waals surface area (Å²) < 4.78 is 10.6. The standard InChI is InChI=1S/C19H19ClN4O2/c1-12-21-18(23-13-8-9-16(25-2)17(10-13)26-3)11-19(22-12)24-15-7-5-4-6-14(15)20/h4-11H,1-3H3,(H2,21,22,23,24). The number of aromatic nitrogens is 2. The van der Waals surface area contributed by atoms with Gasteiger partial charge in [-0.3, -0.25) is 0 Å². The van der Waals surface area contributed by atoms with Gasteiger partial charge in [-0.2, -0.15) is 0 Å². The summed E-state index contributed by atoms with van der Waals surface area (Å²) in [6.45, 7) is 1.83. The number of nitrogens with zero attached hydrogens (tertiary/aromatic N) is 2. The SMILES string of the molecule is COc1ccc(Nc2cc(Nc3ccccc3Cl)nc(C)n2)cc1OC. The van der Waals surface area contributed by atoms with Gasteiger partial charge in [-0.1, -0.05) is 23.7 Å². The van der Waals surface area contributed by atoms with E-state index in [2.05, 4.69) is 20.6 Å². The number of benzene rings is 2. The highest BCUT2D eigenvalue weighted by Crippen LogP contribution is 2.31. The van der Waals surface area contributed by atoms with E-state index in [1.165, 1.54) is 0 Å². The van der Waals surface area contributed by atoms with E-state index in [0.29, 0.717) is 34.0 Å². The predicted octanol–water partition coefficient (Wildman–Crippen LogP) is 4.94. The second kappa shape index (κ2) is 7.93. The Morgan fingerprint density at radius 3 is 2.23 bits per heavy atom. The molecule has 134 valence electrons. The minimum atomic E-state index is 0.623. The molecule has 2 aromatic carbocycles. The summed E-state index contributed by atoms with van der Waals surface area (Å²) >= 11 is 6.20. The third-order valence-corrected chi connectivity index (χ3v) is 3.96. The average molecular weight is 371 g/mol. The second-order valence-corrected chi connectivity index (χ2v) is 5.89. The number of halogens is 1. The second-order valence-electron chi connectivity index (χ2n) is 5.49. The van der Waals surface area contributed by atoms with Gasteiger partial charge in [0.15, 0.2) is 11.5 Å². The van der Waals surface area contributed by atoms with Crippen LogP contribution in [0.25, 0.3) is 0 Å². The molecule has 0 aliphatic rings. The molecule has 7 heteroatoms. The molecule has 0 fully saturated rings. The highest BCUT2D eigenvalue weighted by Gasteiger charge is 2.08. The summed E-state index contributed by atoms with van der Waals surface area (Å²) in [4.78, 5) is 8.83. The van der Waals surface area contributed by atoms with Crippen LogP contribution in [0.15, 0.2) is 48.5 Å². The lowest BCUT2D eigenvalue weighted by molar-refractivity contribution is 0.355. The fraction of sp³-hybridized carbons (Fsp3) is 0.158. The van der Waals surface area contributed by atoms with E-state index in [1.54, 1.807) is 14.2 Å². The highest BCUT2D eigenvalue weighted by molar-refractivity contribution is 6.33. The average Bonchev–Trinajstić information content (AvgIpc) is 2.63. The zero-order chi connectivity index (χ0) is 18.5. The van der Waals surface area contributed by atoms with Gasteiger partial charge in [-0.15, -0.1) is 0 Å². The van der Waals surface area contributed by atoms with Crippen LogP contribution in [0.5, 0.6) is 11.5 Å². The Hall–Kier alpha value is -2.99. The third-order valence-electron chi connectivity index (χ3n) is 3.63. The van der Waals surface area contributed by atoms with Crippen LogP contribution in [0.2, 0.25) is 5.02 Å². The first-order chi connectivity index (χ1) is 12.6. The molecule has 3 rings (SSSR count). The minimum Gasteiger partial charge on any atom is -0.493 e. The molecule has 3 aromatic rings. The zero-order valence-corrected chi connectivity index (χ0v) is 15.5. The van der Waals surface area contributed by atoms with E-state index in [-0.39, 0.29) is 0 Å². The van der Waals surface area contributed by atoms with Crippen LogP contribution in [-0.4, -0.2) is 24.2 Å². The summed E-state index contributed by atoms with van der Waals surface area (Å²) in [6.07, 6.45) is 0. The molecule has 0 unspecified atom stereocenters. The largest absolute Gasteiger partial charge is 0.493 e. The van der Waals surface area contributed by atoms with Crippen molar-refractivity contribution in [3.8, 4) is 11.5 Å². The van der Waals surface area contributed by atoms with Crippen LogP contribution < -0.4 is 20.1 Å². The monoisotopic (exact) mass is 370 g/mol. The molecule has 0 aliphatic carbocycles. The van der Waals surface area contributed by atoms with Crippen LogP contribution in [0.4, 0.5) is 23.0 Å². The molecule has 6 nitrogen and oxygen atoms in total. The molecule has 0 atom stereocenters. The van der Waals surface area contributed by atoms with Gasteiger partial charge in [0.2, 0.25) is 0 Å². The van der Waals surface area contributed by atoms with Crippen molar-refractivity contribution in [2.75, 3.05) is 24.9 Å². The fourth-order valence-electron chi connectivity index (χ4n) is 2.46. The van der Waals surface area contributed by atoms with Crippen molar-refractivity contribution in [1.29, 1.82) is 0 Å². The number of para-hydroxylation sites is 1. The molecule has 2 N–H and O–H groups in total. The molecule has 0 aliphatic heterocycles. The van der Waals surface area contributed by atoms with Crippen LogP contribution in [0.3, 0.4) is 0 Å². The summed E-state index contributed by atoms with van der Waals surface area (Å²) in [6, 6.07) is 14.9. The van der Waals surface area contributed by atoms with Crippen molar-refractivity contribution in [2.45, 2.75) is 6.92 Å². The molecule has 0 spiro atoms. The Kier molecular flexibility index (Phi) is 5.43. The van der Waals surface area contributed by atoms with Gasteiger partial charge < -0.3 is 20.1 Å². The van der Waals surface area contributed by atoms with E-state index in [9.17, 15) is 0 Å². The van der Waals surface area contributed by atoms with Crippen molar-refractivity contribution >= 4 is 34.6 Å². The molecule has 0 radical (unpaired) electrons. The summed E-state index contributed by atoms with van der Waals surface area (Å²) in [5.41, 5.74) is 1.61. The van der Waals surface area contributed by atoms with Gasteiger partial charge in [0.1, 0.15) is 17.5 Å². The minimum absolute atomic E-state index is 0.623. The van der Waals surface area contributed by atoms with E-state index in [1.807, 2.05) is 55.5 Å². The van der Waals surface area contributed by atoms with Gasteiger partial charge in [-0.05, 0) is 31.2 Å². The first kappa shape index (κ1) is 17.8. The Morgan fingerprint density at radius 2 is 1.54 bits per heavy atom. The number of anilines is 4. The van der Waals surface area contributed by atoms with Crippen LogP contribution in [0, 0.1) is 6.92 Å². The van der Waals surface area contributed by atoms with Gasteiger partial charge in [-0.25, -0.2) is 9.97 Å². The third kappa shape index (κ3) is 4.15. The molecule has 0 saturated carbocycles. The van der Waals surface area contributed by atoms with Gasteiger partial charge in [0.25, 0.3) is 0 Å². The quantitative estimate of drug-likeness (QED) is 0.640. The van der Waals surface area contributed by atoms with E-state index in [0.717, 1.165) is 11.4 Å². The van der Waals surface area contributed by atoms with Gasteiger partial charge in [0.05, 0.1) is 24.9 Å². The Morgan fingerprint density at radius 1 is 0.846 bits per heavy atom. The lowest BCUT2D eigenvalue weighted by Crippen LogP contribution is -2.02. The smallest absolute Gasteiger partial charge is 0.162 e. The van der Waals surface area contributed by atoms with Gasteiger partial charge in [0, 0.05) is 17.8 Å². The molecule has 1 heterocycles. The number of aryl methyl sites for hydroxylation is 1. The number of nitrogens with one attached hydrogen (secondary N) is 2. The maximum Gasteiger partial charge on any atom is 0.162 e. The molecule has 26 heavy (non-hydrogen) atoms. The summed E-state index contributed by atoms with van der Waals surface area (Å²) in [7, 11) is 3.20. The molecule has 0 saturated heterocycles. The van der Waals surface area contributed by atoms with E-state index >= 15 is 0 Å². The normalized spacial score (nSPS) is 10.3. The van der Waals surface area contributed by atoms with E-state index in [4.69, 9.17) is 21.1 Å². The van der Waals surface area contributed by atoms with Crippen LogP contribution in [0.1, 0.15) is 5.82 Å². The number of rotatable bonds is 6. The number of ether oxygens (including phenoxy) is 2. The molecule has 0 amide bonds. The van der Waals surface area contributed by atoms with Crippen molar-refractivity contribution in [3.05, 3.63) is 59.4 Å². The molecular weight excluding hydrogens is 352 g/mol. The van der Waals surface area contributed by atoms with Crippen molar-refractivity contribution in [2.24, 2.45) is 0 Å². The lowest BCUT2D eigenvalue weighted by atomic mass is 10.2. The Labute approximate surface area is 157 Å². The molecular formula is C19H19ClN4O2. The number of hydrogen-bond acceptors (Lipinski definition) is 6. The van der Waals surface area contributed by atoms with E-state index < -0.39 is 0 Å². The lowest BCUT2D eigenvalue weighted by Gasteiger charge is -2.13. The number of methoxy groups -OCH3 is 2. The fourth-order valence-corrected chi connectivity index (χ4v) is 2.64. The van der Waals surface area contributed by atoms with Crippen LogP contribution in [-0.2, 0) is 0 Å². The van der Waals surface area contributed by atoms with Crippen molar-refractivity contribution in [1.82, 2.24) is 9.97 Å². The maximum absolute atomic E-state index is 6.20. The Bertz CT molecular complexity index is 918. The maximum atomic E-state index is 6.20. The van der Waals surface area contributed by atoms with Crippen molar-refractivity contribution in [3.63, 3.8) is 0 Å². The summed E-state index contributed by atoms with van der Waals surface area (Å²) in [5.74, 6) is 3.23.